The van der Waals surface area contributed by atoms with Gasteiger partial charge in [-0.2, -0.15) is 3.89 Å². The molecule has 0 amide bonds. The Morgan fingerprint density at radius 2 is 1.75 bits per heavy atom. The van der Waals surface area contributed by atoms with E-state index in [1.165, 1.54) is 16.8 Å². The number of carbonyl (C=O) groups excluding carboxylic acids is 1. The van der Waals surface area contributed by atoms with E-state index in [9.17, 15) is 8.68 Å². The number of carbonyl (C=O) groups is 1. The predicted molar refractivity (Wildman–Crippen MR) is 132 cm³/mol. The second-order valence-electron chi connectivity index (χ2n) is 8.17. The molecule has 3 nitrogen and oxygen atoms in total. The lowest BCUT2D eigenvalue weighted by Crippen LogP contribution is -2.29. The fourth-order valence-corrected chi connectivity index (χ4v) is 4.68. The number of ketones is 1. The average Bonchev–Trinajstić information content (AvgIpc) is 2.96. The van der Waals surface area contributed by atoms with Crippen LogP contribution in [0.3, 0.4) is 0 Å². The Morgan fingerprint density at radius 1 is 1.03 bits per heavy atom. The van der Waals surface area contributed by atoms with E-state index < -0.39 is 0 Å². The van der Waals surface area contributed by atoms with Crippen molar-refractivity contribution in [1.82, 2.24) is 4.90 Å². The summed E-state index contributed by atoms with van der Waals surface area (Å²) in [6.07, 6.45) is 2.74. The van der Waals surface area contributed by atoms with Crippen LogP contribution in [-0.2, 0) is 12.8 Å². The Balaban J connectivity index is 1.44. The molecule has 0 N–H and O–H groups in total. The van der Waals surface area contributed by atoms with E-state index in [0.717, 1.165) is 38.0 Å². The number of rotatable bonds is 8. The van der Waals surface area contributed by atoms with Gasteiger partial charge in [-0.05, 0) is 86.0 Å². The van der Waals surface area contributed by atoms with Gasteiger partial charge >= 0.3 is 0 Å². The number of fused-ring (bicyclic) bond motifs is 2. The molecule has 32 heavy (non-hydrogen) atoms. The summed E-state index contributed by atoms with van der Waals surface area (Å²) in [5.74, 6) is 0.0888. The monoisotopic (exact) mass is 468 g/mol. The van der Waals surface area contributed by atoms with Crippen molar-refractivity contribution in [3.8, 4) is 0 Å². The molecule has 1 aliphatic rings. The molecule has 1 aliphatic heterocycles. The molecule has 0 saturated heterocycles. The van der Waals surface area contributed by atoms with Crippen molar-refractivity contribution in [3.05, 3.63) is 88.4 Å². The Bertz CT molecular complexity index is 1090. The molecule has 3 aromatic rings. The van der Waals surface area contributed by atoms with Gasteiger partial charge in [0.1, 0.15) is 0 Å². The lowest BCUT2D eigenvalue weighted by atomic mass is 10.0. The molecule has 3 aromatic carbocycles. The van der Waals surface area contributed by atoms with E-state index in [2.05, 4.69) is 34.1 Å². The van der Waals surface area contributed by atoms with Crippen LogP contribution in [-0.4, -0.2) is 37.4 Å². The standard InChI is InChI=1S/C26H26ClFN2OS/c1-29(18-26(31)20-9-11-22(27)12-10-20)15-4-16-30-24-6-3-2-5-19(24)7-8-21-17-23(32-28)13-14-25(21)30/h2-3,5-6,9-14,17H,4,7-8,15-16,18H2,1H3. The molecule has 0 radical (unpaired) electrons. The van der Waals surface area contributed by atoms with E-state index in [4.69, 9.17) is 11.6 Å². The van der Waals surface area contributed by atoms with E-state index in [1.54, 1.807) is 24.3 Å². The molecule has 0 bridgehead atoms. The number of hydrogen-bond acceptors (Lipinski definition) is 4. The van der Waals surface area contributed by atoms with Crippen LogP contribution < -0.4 is 4.90 Å². The number of anilines is 2. The summed E-state index contributed by atoms with van der Waals surface area (Å²) in [5.41, 5.74) is 5.53. The van der Waals surface area contributed by atoms with Gasteiger partial charge in [0.2, 0.25) is 0 Å². The third kappa shape index (κ3) is 5.34. The summed E-state index contributed by atoms with van der Waals surface area (Å²) in [6, 6.07) is 21.4. The Morgan fingerprint density at radius 3 is 2.53 bits per heavy atom. The molecule has 6 heteroatoms. The highest BCUT2D eigenvalue weighted by Gasteiger charge is 2.21. The minimum atomic E-state index is 0.0888. The zero-order chi connectivity index (χ0) is 22.5. The first-order chi connectivity index (χ1) is 15.5. The second-order valence-corrected chi connectivity index (χ2v) is 9.23. The van der Waals surface area contributed by atoms with Gasteiger partial charge in [0.25, 0.3) is 0 Å². The van der Waals surface area contributed by atoms with Gasteiger partial charge in [0, 0.05) is 39.9 Å². The average molecular weight is 469 g/mol. The lowest BCUT2D eigenvalue weighted by Gasteiger charge is -2.28. The van der Waals surface area contributed by atoms with E-state index in [-0.39, 0.29) is 5.78 Å². The van der Waals surface area contributed by atoms with Gasteiger partial charge < -0.3 is 4.90 Å². The molecule has 0 fully saturated rings. The van der Waals surface area contributed by atoms with Crippen LogP contribution in [0.4, 0.5) is 15.3 Å². The van der Waals surface area contributed by atoms with Gasteiger partial charge in [-0.3, -0.25) is 9.69 Å². The molecular weight excluding hydrogens is 443 g/mol. The van der Waals surface area contributed by atoms with E-state index >= 15 is 0 Å². The zero-order valence-electron chi connectivity index (χ0n) is 18.1. The number of likely N-dealkylation sites (N-methyl/N-ethyl adjacent to an activating group) is 1. The van der Waals surface area contributed by atoms with Gasteiger partial charge in [0.05, 0.1) is 18.7 Å². The topological polar surface area (TPSA) is 23.6 Å². The number of Topliss-reactive ketones (excluding diaryl/α,β-unsaturated/α-hetero) is 1. The molecule has 4 rings (SSSR count). The molecule has 0 spiro atoms. The maximum absolute atomic E-state index is 13.2. The van der Waals surface area contributed by atoms with Crippen LogP contribution in [0.15, 0.2) is 71.6 Å². The van der Waals surface area contributed by atoms with Crippen LogP contribution in [0.2, 0.25) is 5.02 Å². The maximum Gasteiger partial charge on any atom is 0.176 e. The third-order valence-electron chi connectivity index (χ3n) is 5.88. The minimum absolute atomic E-state index is 0.0888. The fraction of sp³-hybridized carbons (Fsp3) is 0.269. The van der Waals surface area contributed by atoms with Gasteiger partial charge in [-0.15, -0.1) is 0 Å². The highest BCUT2D eigenvalue weighted by atomic mass is 35.5. The first-order valence-electron chi connectivity index (χ1n) is 10.8. The second kappa shape index (κ2) is 10.5. The molecular formula is C26H26ClFN2OS. The number of aryl methyl sites for hydroxylation is 2. The number of halogens is 2. The van der Waals surface area contributed by atoms with Crippen molar-refractivity contribution in [1.29, 1.82) is 0 Å². The van der Waals surface area contributed by atoms with Crippen molar-refractivity contribution in [2.75, 3.05) is 31.6 Å². The zero-order valence-corrected chi connectivity index (χ0v) is 19.6. The summed E-state index contributed by atoms with van der Waals surface area (Å²) in [7, 11) is 1.98. The summed E-state index contributed by atoms with van der Waals surface area (Å²) in [5, 5.41) is 0.630. The first kappa shape index (κ1) is 22.8. The van der Waals surface area contributed by atoms with Crippen molar-refractivity contribution in [2.24, 2.45) is 0 Å². The van der Waals surface area contributed by atoms with Crippen LogP contribution in [0.1, 0.15) is 27.9 Å². The van der Waals surface area contributed by atoms with Crippen molar-refractivity contribution in [3.63, 3.8) is 0 Å². The Hall–Kier alpha value is -2.34. The molecule has 0 atom stereocenters. The van der Waals surface area contributed by atoms with Crippen molar-refractivity contribution >= 4 is 40.9 Å². The van der Waals surface area contributed by atoms with E-state index in [0.29, 0.717) is 34.2 Å². The summed E-state index contributed by atoms with van der Waals surface area (Å²) in [6.45, 7) is 1.99. The lowest BCUT2D eigenvalue weighted by molar-refractivity contribution is 0.0946. The molecule has 166 valence electrons. The summed E-state index contributed by atoms with van der Waals surface area (Å²) < 4.78 is 13.2. The van der Waals surface area contributed by atoms with Gasteiger partial charge in [0.15, 0.2) is 5.78 Å². The first-order valence-corrected chi connectivity index (χ1v) is 11.9. The number of hydrogen-bond donors (Lipinski definition) is 0. The summed E-state index contributed by atoms with van der Waals surface area (Å²) >= 11 is 6.21. The van der Waals surface area contributed by atoms with Crippen molar-refractivity contribution in [2.45, 2.75) is 24.2 Å². The largest absolute Gasteiger partial charge is 0.341 e. The Kier molecular flexibility index (Phi) is 7.51. The van der Waals surface area contributed by atoms with Crippen LogP contribution in [0.25, 0.3) is 0 Å². The van der Waals surface area contributed by atoms with E-state index in [1.807, 2.05) is 25.2 Å². The Labute approximate surface area is 198 Å². The fourth-order valence-electron chi connectivity index (χ4n) is 4.25. The van der Waals surface area contributed by atoms with Crippen LogP contribution in [0.5, 0.6) is 0 Å². The van der Waals surface area contributed by atoms with Gasteiger partial charge in [-0.25, -0.2) is 0 Å². The molecule has 1 heterocycles. The molecule has 0 unspecified atom stereocenters. The number of benzene rings is 3. The van der Waals surface area contributed by atoms with Crippen LogP contribution >= 0.6 is 23.7 Å². The molecule has 0 aromatic heterocycles. The van der Waals surface area contributed by atoms with Crippen molar-refractivity contribution < 1.29 is 8.68 Å². The quantitative estimate of drug-likeness (QED) is 0.341. The highest BCUT2D eigenvalue weighted by molar-refractivity contribution is 7.94. The third-order valence-corrected chi connectivity index (χ3v) is 6.56. The SMILES string of the molecule is CN(CCCN1c2ccccc2CCc2cc(SF)ccc21)CC(=O)c1ccc(Cl)cc1. The maximum atomic E-state index is 13.2. The normalized spacial score (nSPS) is 12.9. The number of nitrogens with zero attached hydrogens (tertiary/aromatic N) is 2. The summed E-state index contributed by atoms with van der Waals surface area (Å²) in [4.78, 5) is 17.6. The smallest absolute Gasteiger partial charge is 0.176 e. The van der Waals surface area contributed by atoms with Crippen LogP contribution in [0, 0.1) is 0 Å². The predicted octanol–water partition coefficient (Wildman–Crippen LogP) is 6.76. The molecule has 0 aliphatic carbocycles. The highest BCUT2D eigenvalue weighted by Crippen LogP contribution is 2.38. The minimum Gasteiger partial charge on any atom is -0.341 e. The van der Waals surface area contributed by atoms with Gasteiger partial charge in [-0.1, -0.05) is 29.8 Å². The molecule has 0 saturated carbocycles. The number of para-hydroxylation sites is 1.